The van der Waals surface area contributed by atoms with Gasteiger partial charge in [0.15, 0.2) is 11.5 Å². The van der Waals surface area contributed by atoms with Crippen LogP contribution in [0.2, 0.25) is 0 Å². The smallest absolute Gasteiger partial charge is 0.180 e. The van der Waals surface area contributed by atoms with E-state index in [4.69, 9.17) is 9.59 Å². The number of benzene rings is 1. The first-order valence-electron chi connectivity index (χ1n) is 8.19. The van der Waals surface area contributed by atoms with Crippen LogP contribution in [0.4, 0.5) is 11.5 Å². The standard InChI is InChI=1S/C18H20N6.2CH2O/c1-4-14(13-23(3)19-2)16-12-21-18-17(20-10-11-24(16)18)22-15-8-6-5-7-9-15;2*1-2/h4-13,19H,1H2,2-3H3,(H,20,22);2*1H2/b14-13+;;. The molecule has 0 saturated heterocycles. The molecule has 3 aromatic rings. The number of hydrogen-bond acceptors (Lipinski definition) is 7. The Balaban J connectivity index is 0.000000921. The number of anilines is 2. The maximum Gasteiger partial charge on any atom is 0.180 e. The lowest BCUT2D eigenvalue weighted by atomic mass is 10.2. The fourth-order valence-electron chi connectivity index (χ4n) is 2.38. The van der Waals surface area contributed by atoms with Crippen LogP contribution in [0.15, 0.2) is 67.8 Å². The zero-order chi connectivity index (χ0) is 20.9. The number of carbonyl (C=O) groups is 2. The Morgan fingerprint density at radius 2 is 1.82 bits per heavy atom. The van der Waals surface area contributed by atoms with Crippen LogP contribution in [0.25, 0.3) is 11.2 Å². The molecule has 0 saturated carbocycles. The first-order valence-corrected chi connectivity index (χ1v) is 8.19. The first kappa shape index (κ1) is 22.3. The molecular formula is C20H24N6O2. The van der Waals surface area contributed by atoms with Crippen molar-refractivity contribution in [2.45, 2.75) is 0 Å². The third-order valence-electron chi connectivity index (χ3n) is 3.67. The Bertz CT molecular complexity index is 905. The van der Waals surface area contributed by atoms with E-state index in [1.165, 1.54) is 0 Å². The Hall–Kier alpha value is -3.78. The van der Waals surface area contributed by atoms with Gasteiger partial charge in [-0.25, -0.2) is 15.4 Å². The van der Waals surface area contributed by atoms with Gasteiger partial charge in [-0.15, -0.1) is 0 Å². The topological polar surface area (TPSA) is 91.6 Å². The molecule has 8 nitrogen and oxygen atoms in total. The molecule has 0 bridgehead atoms. The number of para-hydroxylation sites is 1. The summed E-state index contributed by atoms with van der Waals surface area (Å²) >= 11 is 0. The van der Waals surface area contributed by atoms with Crippen molar-refractivity contribution in [2.24, 2.45) is 0 Å². The highest BCUT2D eigenvalue weighted by molar-refractivity contribution is 5.76. The lowest BCUT2D eigenvalue weighted by molar-refractivity contribution is -0.0987. The number of rotatable bonds is 6. The minimum Gasteiger partial charge on any atom is -0.337 e. The summed E-state index contributed by atoms with van der Waals surface area (Å²) in [6.45, 7) is 7.91. The molecular weight excluding hydrogens is 356 g/mol. The number of fused-ring (bicyclic) bond motifs is 1. The van der Waals surface area contributed by atoms with Crippen molar-refractivity contribution in [3.05, 3.63) is 73.5 Å². The summed E-state index contributed by atoms with van der Waals surface area (Å²) < 4.78 is 2.00. The fourth-order valence-corrected chi connectivity index (χ4v) is 2.38. The second-order valence-corrected chi connectivity index (χ2v) is 5.23. The highest BCUT2D eigenvalue weighted by Gasteiger charge is 2.11. The predicted molar refractivity (Wildman–Crippen MR) is 112 cm³/mol. The number of nitrogens with one attached hydrogen (secondary N) is 2. The number of carbonyl (C=O) groups excluding carboxylic acids is 2. The Morgan fingerprint density at radius 1 is 1.14 bits per heavy atom. The van der Waals surface area contributed by atoms with Crippen molar-refractivity contribution in [3.8, 4) is 0 Å². The van der Waals surface area contributed by atoms with Gasteiger partial charge in [-0.05, 0) is 12.1 Å². The van der Waals surface area contributed by atoms with Crippen LogP contribution in [0.1, 0.15) is 5.69 Å². The Labute approximate surface area is 164 Å². The molecule has 0 aliphatic carbocycles. The van der Waals surface area contributed by atoms with Crippen LogP contribution in [0.5, 0.6) is 0 Å². The summed E-state index contributed by atoms with van der Waals surface area (Å²) in [5.41, 5.74) is 6.67. The van der Waals surface area contributed by atoms with Crippen LogP contribution in [0.3, 0.4) is 0 Å². The molecule has 0 fully saturated rings. The summed E-state index contributed by atoms with van der Waals surface area (Å²) in [6.07, 6.45) is 9.24. The summed E-state index contributed by atoms with van der Waals surface area (Å²) in [7, 11) is 3.79. The number of allylic oxidation sites excluding steroid dienone is 2. The van der Waals surface area contributed by atoms with Crippen LogP contribution in [-0.2, 0) is 9.59 Å². The van der Waals surface area contributed by atoms with Crippen molar-refractivity contribution in [2.75, 3.05) is 19.4 Å². The molecule has 0 amide bonds. The first-order chi connectivity index (χ1) is 13.7. The van der Waals surface area contributed by atoms with Crippen LogP contribution >= 0.6 is 0 Å². The Morgan fingerprint density at radius 3 is 2.43 bits per heavy atom. The van der Waals surface area contributed by atoms with Crippen molar-refractivity contribution in [3.63, 3.8) is 0 Å². The van der Waals surface area contributed by atoms with E-state index in [0.717, 1.165) is 22.6 Å². The predicted octanol–water partition coefficient (Wildman–Crippen LogP) is 2.70. The van der Waals surface area contributed by atoms with Crippen LogP contribution < -0.4 is 10.7 Å². The van der Waals surface area contributed by atoms with E-state index in [1.807, 2.05) is 92.1 Å². The third-order valence-corrected chi connectivity index (χ3v) is 3.67. The van der Waals surface area contributed by atoms with Crippen molar-refractivity contribution in [1.82, 2.24) is 24.8 Å². The van der Waals surface area contributed by atoms with E-state index < -0.39 is 0 Å². The quantitative estimate of drug-likeness (QED) is 0.502. The molecule has 1 aromatic carbocycles. The molecule has 3 rings (SSSR count). The van der Waals surface area contributed by atoms with Crippen molar-refractivity contribution >= 4 is 36.3 Å². The molecule has 28 heavy (non-hydrogen) atoms. The number of hydrogen-bond donors (Lipinski definition) is 2. The highest BCUT2D eigenvalue weighted by Crippen LogP contribution is 2.23. The minimum absolute atomic E-state index is 0.709. The van der Waals surface area contributed by atoms with E-state index in [2.05, 4.69) is 27.3 Å². The van der Waals surface area contributed by atoms with E-state index >= 15 is 0 Å². The van der Waals surface area contributed by atoms with Gasteiger partial charge in [0.2, 0.25) is 0 Å². The highest BCUT2D eigenvalue weighted by atomic mass is 16.1. The van der Waals surface area contributed by atoms with Crippen molar-refractivity contribution in [1.29, 1.82) is 0 Å². The molecule has 0 aliphatic rings. The summed E-state index contributed by atoms with van der Waals surface area (Å²) in [5, 5.41) is 5.17. The SMILES string of the molecule is C=C/C(=C\N(C)NC)c1cnc2c(Nc3ccccc3)nccn12.C=O.C=O. The van der Waals surface area contributed by atoms with Gasteiger partial charge >= 0.3 is 0 Å². The monoisotopic (exact) mass is 380 g/mol. The molecule has 146 valence electrons. The molecule has 2 heterocycles. The van der Waals surface area contributed by atoms with Gasteiger partial charge in [-0.2, -0.15) is 0 Å². The van der Waals surface area contributed by atoms with Gasteiger partial charge in [-0.1, -0.05) is 30.9 Å². The second kappa shape index (κ2) is 11.8. The summed E-state index contributed by atoms with van der Waals surface area (Å²) in [6, 6.07) is 9.92. The normalized spacial score (nSPS) is 10.1. The number of imidazole rings is 1. The maximum atomic E-state index is 8.00. The van der Waals surface area contributed by atoms with Crippen molar-refractivity contribution < 1.29 is 9.59 Å². The van der Waals surface area contributed by atoms with E-state index in [0.29, 0.717) is 5.82 Å². The van der Waals surface area contributed by atoms with E-state index in [9.17, 15) is 0 Å². The number of aromatic nitrogens is 3. The van der Waals surface area contributed by atoms with E-state index in [-0.39, 0.29) is 0 Å². The zero-order valence-corrected chi connectivity index (χ0v) is 16.0. The molecule has 2 aromatic heterocycles. The second-order valence-electron chi connectivity index (χ2n) is 5.23. The molecule has 0 aliphatic heterocycles. The lowest BCUT2D eigenvalue weighted by Crippen LogP contribution is -2.25. The Kier molecular flexibility index (Phi) is 9.35. The molecule has 8 heteroatoms. The summed E-state index contributed by atoms with van der Waals surface area (Å²) in [5.74, 6) is 0.709. The lowest BCUT2D eigenvalue weighted by Gasteiger charge is -2.13. The number of nitrogens with zero attached hydrogens (tertiary/aromatic N) is 4. The summed E-state index contributed by atoms with van der Waals surface area (Å²) in [4.78, 5) is 24.9. The van der Waals surface area contributed by atoms with Gasteiger partial charge in [-0.3, -0.25) is 4.40 Å². The van der Waals surface area contributed by atoms with Crippen LogP contribution in [0, 0.1) is 0 Å². The van der Waals surface area contributed by atoms with Gasteiger partial charge in [0.05, 0.1) is 11.9 Å². The van der Waals surface area contributed by atoms with E-state index in [1.54, 1.807) is 6.20 Å². The van der Waals surface area contributed by atoms with Crippen LogP contribution in [-0.4, -0.2) is 47.1 Å². The largest absolute Gasteiger partial charge is 0.337 e. The molecule has 0 spiro atoms. The average molecular weight is 380 g/mol. The minimum atomic E-state index is 0.709. The number of hydrazine groups is 1. The van der Waals surface area contributed by atoms with Gasteiger partial charge in [0.25, 0.3) is 0 Å². The molecule has 2 N–H and O–H groups in total. The third kappa shape index (κ3) is 5.36. The zero-order valence-electron chi connectivity index (χ0n) is 16.0. The maximum absolute atomic E-state index is 8.00. The molecule has 0 unspecified atom stereocenters. The fraction of sp³-hybridized carbons (Fsp3) is 0.100. The average Bonchev–Trinajstić information content (AvgIpc) is 3.20. The van der Waals surface area contributed by atoms with Gasteiger partial charge < -0.3 is 19.9 Å². The van der Waals surface area contributed by atoms with Gasteiger partial charge in [0, 0.05) is 43.9 Å². The molecule has 0 atom stereocenters. The van der Waals surface area contributed by atoms with Gasteiger partial charge in [0.1, 0.15) is 13.6 Å². The molecule has 0 radical (unpaired) electrons.